The minimum absolute atomic E-state index is 0.684. The third kappa shape index (κ3) is 3.83. The zero-order chi connectivity index (χ0) is 15.4. The fraction of sp³-hybridized carbons (Fsp3) is 0. The standard InChI is InChI=1S/C18H14BClO2/c19-13-4-8-15(9-5-13)21-17-2-1-3-18(12-17)22-16-10-6-14(20)7-11-16/h1-12H,19H2. The maximum Gasteiger partial charge on any atom is 0.139 e. The highest BCUT2D eigenvalue weighted by atomic mass is 35.5. The molecule has 2 nitrogen and oxygen atoms in total. The molecule has 3 aromatic rings. The predicted octanol–water partition coefficient (Wildman–Crippen LogP) is 4.18. The number of rotatable bonds is 4. The van der Waals surface area contributed by atoms with Crippen LogP contribution in [0.25, 0.3) is 0 Å². The average Bonchev–Trinajstić information content (AvgIpc) is 2.52. The van der Waals surface area contributed by atoms with Crippen LogP contribution in [-0.2, 0) is 0 Å². The Bertz CT molecular complexity index is 692. The van der Waals surface area contributed by atoms with Crippen molar-refractivity contribution in [3.05, 3.63) is 77.8 Å². The topological polar surface area (TPSA) is 18.5 Å². The molecule has 0 spiro atoms. The Morgan fingerprint density at radius 1 is 0.636 bits per heavy atom. The largest absolute Gasteiger partial charge is 0.457 e. The van der Waals surface area contributed by atoms with Gasteiger partial charge in [-0.3, -0.25) is 0 Å². The third-order valence-electron chi connectivity index (χ3n) is 3.11. The molecule has 3 rings (SSSR count). The SMILES string of the molecule is Bc1ccc(Oc2cccc(Oc3ccc(Cl)cc3)c2)cc1. The van der Waals surface area contributed by atoms with Gasteiger partial charge in [-0.2, -0.15) is 0 Å². The Morgan fingerprint density at radius 2 is 1.14 bits per heavy atom. The quantitative estimate of drug-likeness (QED) is 0.673. The van der Waals surface area contributed by atoms with Crippen LogP contribution in [0.2, 0.25) is 5.02 Å². The van der Waals surface area contributed by atoms with Gasteiger partial charge < -0.3 is 9.47 Å². The summed E-state index contributed by atoms with van der Waals surface area (Å²) >= 11 is 5.87. The van der Waals surface area contributed by atoms with E-state index >= 15 is 0 Å². The smallest absolute Gasteiger partial charge is 0.139 e. The number of benzene rings is 3. The Hall–Kier alpha value is -2.39. The van der Waals surface area contributed by atoms with Gasteiger partial charge in [-0.1, -0.05) is 35.3 Å². The van der Waals surface area contributed by atoms with Gasteiger partial charge in [0, 0.05) is 11.1 Å². The summed E-state index contributed by atoms with van der Waals surface area (Å²) in [7, 11) is 2.05. The summed E-state index contributed by atoms with van der Waals surface area (Å²) in [6.45, 7) is 0. The van der Waals surface area contributed by atoms with Crippen LogP contribution in [0.3, 0.4) is 0 Å². The van der Waals surface area contributed by atoms with Gasteiger partial charge in [0.1, 0.15) is 30.8 Å². The van der Waals surface area contributed by atoms with E-state index in [-0.39, 0.29) is 0 Å². The van der Waals surface area contributed by atoms with E-state index < -0.39 is 0 Å². The Kier molecular flexibility index (Phi) is 4.35. The highest BCUT2D eigenvalue weighted by molar-refractivity contribution is 6.32. The molecule has 22 heavy (non-hydrogen) atoms. The first-order chi connectivity index (χ1) is 10.7. The number of hydrogen-bond donors (Lipinski definition) is 0. The second kappa shape index (κ2) is 6.59. The van der Waals surface area contributed by atoms with Crippen molar-refractivity contribution in [3.8, 4) is 23.0 Å². The van der Waals surface area contributed by atoms with Crippen LogP contribution < -0.4 is 14.9 Å². The van der Waals surface area contributed by atoms with E-state index in [0.717, 1.165) is 17.2 Å². The molecule has 108 valence electrons. The van der Waals surface area contributed by atoms with Crippen molar-refractivity contribution >= 4 is 24.9 Å². The van der Waals surface area contributed by atoms with Crippen molar-refractivity contribution in [2.24, 2.45) is 0 Å². The average molecular weight is 309 g/mol. The fourth-order valence-electron chi connectivity index (χ4n) is 1.98. The molecule has 0 saturated heterocycles. The molecular weight excluding hydrogens is 294 g/mol. The Labute approximate surface area is 135 Å². The van der Waals surface area contributed by atoms with Crippen molar-refractivity contribution in [1.82, 2.24) is 0 Å². The molecule has 0 N–H and O–H groups in total. The van der Waals surface area contributed by atoms with Gasteiger partial charge in [-0.25, -0.2) is 0 Å². The fourth-order valence-corrected chi connectivity index (χ4v) is 2.11. The Balaban J connectivity index is 1.74. The lowest BCUT2D eigenvalue weighted by Gasteiger charge is -2.09. The zero-order valence-corrected chi connectivity index (χ0v) is 12.9. The molecule has 0 aliphatic heterocycles. The van der Waals surface area contributed by atoms with Crippen LogP contribution in [0.1, 0.15) is 0 Å². The Morgan fingerprint density at radius 3 is 1.68 bits per heavy atom. The van der Waals surface area contributed by atoms with Crippen molar-refractivity contribution in [2.45, 2.75) is 0 Å². The van der Waals surface area contributed by atoms with Gasteiger partial charge in [-0.05, 0) is 48.5 Å². The van der Waals surface area contributed by atoms with Gasteiger partial charge in [0.25, 0.3) is 0 Å². The summed E-state index contributed by atoms with van der Waals surface area (Å²) < 4.78 is 11.6. The minimum atomic E-state index is 0.684. The predicted molar refractivity (Wildman–Crippen MR) is 92.7 cm³/mol. The van der Waals surface area contributed by atoms with E-state index in [1.165, 1.54) is 5.46 Å². The van der Waals surface area contributed by atoms with E-state index in [0.29, 0.717) is 10.8 Å². The molecule has 0 radical (unpaired) electrons. The molecule has 0 aromatic heterocycles. The molecule has 0 heterocycles. The van der Waals surface area contributed by atoms with Crippen molar-refractivity contribution < 1.29 is 9.47 Å². The van der Waals surface area contributed by atoms with Crippen LogP contribution in [0.5, 0.6) is 23.0 Å². The van der Waals surface area contributed by atoms with Crippen molar-refractivity contribution in [1.29, 1.82) is 0 Å². The van der Waals surface area contributed by atoms with Crippen LogP contribution in [0.15, 0.2) is 72.8 Å². The molecule has 0 amide bonds. The molecule has 0 unspecified atom stereocenters. The van der Waals surface area contributed by atoms with Crippen LogP contribution in [0.4, 0.5) is 0 Å². The first-order valence-corrected chi connectivity index (χ1v) is 7.35. The molecule has 3 aromatic carbocycles. The van der Waals surface area contributed by atoms with Crippen LogP contribution in [0, 0.1) is 0 Å². The lowest BCUT2D eigenvalue weighted by atomic mass is 9.97. The number of ether oxygens (including phenoxy) is 2. The van der Waals surface area contributed by atoms with Crippen LogP contribution in [-0.4, -0.2) is 7.85 Å². The van der Waals surface area contributed by atoms with Gasteiger partial charge in [0.2, 0.25) is 0 Å². The van der Waals surface area contributed by atoms with Gasteiger partial charge in [0.15, 0.2) is 0 Å². The molecule has 0 bridgehead atoms. The van der Waals surface area contributed by atoms with E-state index in [1.807, 2.05) is 68.5 Å². The monoisotopic (exact) mass is 308 g/mol. The molecule has 0 fully saturated rings. The minimum Gasteiger partial charge on any atom is -0.457 e. The highest BCUT2D eigenvalue weighted by Crippen LogP contribution is 2.28. The van der Waals surface area contributed by atoms with Crippen LogP contribution >= 0.6 is 11.6 Å². The maximum absolute atomic E-state index is 5.87. The summed E-state index contributed by atoms with van der Waals surface area (Å²) in [6.07, 6.45) is 0. The summed E-state index contributed by atoms with van der Waals surface area (Å²) in [4.78, 5) is 0. The molecule has 0 aliphatic rings. The van der Waals surface area contributed by atoms with Gasteiger partial charge >= 0.3 is 0 Å². The summed E-state index contributed by atoms with van der Waals surface area (Å²) in [5, 5.41) is 0.684. The first kappa shape index (κ1) is 14.5. The van der Waals surface area contributed by atoms with E-state index in [9.17, 15) is 0 Å². The molecule has 0 saturated carbocycles. The van der Waals surface area contributed by atoms with Crippen molar-refractivity contribution in [3.63, 3.8) is 0 Å². The maximum atomic E-state index is 5.87. The second-order valence-electron chi connectivity index (χ2n) is 4.95. The summed E-state index contributed by atoms with van der Waals surface area (Å²) in [5.74, 6) is 2.98. The second-order valence-corrected chi connectivity index (χ2v) is 5.38. The van der Waals surface area contributed by atoms with Crippen molar-refractivity contribution in [2.75, 3.05) is 0 Å². The molecular formula is C18H14BClO2. The molecule has 0 aliphatic carbocycles. The highest BCUT2D eigenvalue weighted by Gasteiger charge is 2.02. The lowest BCUT2D eigenvalue weighted by Crippen LogP contribution is -1.99. The van der Waals surface area contributed by atoms with Gasteiger partial charge in [0.05, 0.1) is 0 Å². The van der Waals surface area contributed by atoms with E-state index in [1.54, 1.807) is 12.1 Å². The number of halogens is 1. The molecule has 4 heteroatoms. The van der Waals surface area contributed by atoms with E-state index in [4.69, 9.17) is 21.1 Å². The first-order valence-electron chi connectivity index (χ1n) is 6.97. The zero-order valence-electron chi connectivity index (χ0n) is 12.1. The normalized spacial score (nSPS) is 10.2. The lowest BCUT2D eigenvalue weighted by molar-refractivity contribution is 0.460. The van der Waals surface area contributed by atoms with Gasteiger partial charge in [-0.15, -0.1) is 0 Å². The summed E-state index contributed by atoms with van der Waals surface area (Å²) in [5.41, 5.74) is 1.20. The van der Waals surface area contributed by atoms with E-state index in [2.05, 4.69) is 0 Å². The third-order valence-corrected chi connectivity index (χ3v) is 3.36. The number of hydrogen-bond acceptors (Lipinski definition) is 2. The molecule has 0 atom stereocenters. The summed E-state index contributed by atoms with van der Waals surface area (Å²) in [6, 6.07) is 22.7.